The molecule has 13 heavy (non-hydrogen) atoms. The monoisotopic (exact) mass is 197 g/mol. The molecule has 1 N–H and O–H groups in total. The lowest BCUT2D eigenvalue weighted by molar-refractivity contribution is 0.357. The normalized spacial score (nSPS) is 13.9. The summed E-state index contributed by atoms with van der Waals surface area (Å²) in [6.07, 6.45) is 1.03. The van der Waals surface area contributed by atoms with Crippen LogP contribution in [0.4, 0.5) is 0 Å². The minimum atomic E-state index is 0.494. The van der Waals surface area contributed by atoms with E-state index in [1.807, 2.05) is 6.07 Å². The molecule has 1 aromatic rings. The summed E-state index contributed by atoms with van der Waals surface area (Å²) in [7, 11) is 0. The third-order valence-electron chi connectivity index (χ3n) is 2.18. The van der Waals surface area contributed by atoms with Crippen LogP contribution in [0.2, 0.25) is 0 Å². The maximum absolute atomic E-state index is 5.53. The van der Waals surface area contributed by atoms with Gasteiger partial charge in [0.1, 0.15) is 5.75 Å². The molecule has 70 valence electrons. The molecule has 0 aromatic heterocycles. The summed E-state index contributed by atoms with van der Waals surface area (Å²) in [5, 5.41) is 3.08. The second-order valence-corrected chi connectivity index (χ2v) is 3.37. The summed E-state index contributed by atoms with van der Waals surface area (Å²) in [5.41, 5.74) is 2.58. The number of rotatable bonds is 3. The van der Waals surface area contributed by atoms with E-state index in [4.69, 9.17) is 16.3 Å². The molecule has 1 aromatic carbocycles. The highest BCUT2D eigenvalue weighted by Gasteiger charge is 2.11. The second kappa shape index (κ2) is 3.99. The van der Waals surface area contributed by atoms with Gasteiger partial charge in [-0.05, 0) is 17.2 Å². The van der Waals surface area contributed by atoms with E-state index in [0.29, 0.717) is 6.00 Å². The molecule has 1 aliphatic rings. The van der Waals surface area contributed by atoms with Crippen LogP contribution in [0.25, 0.3) is 0 Å². The number of ether oxygens (including phenoxy) is 1. The minimum Gasteiger partial charge on any atom is -0.493 e. The lowest BCUT2D eigenvalue weighted by Crippen LogP contribution is -2.10. The molecule has 2 nitrogen and oxygen atoms in total. The van der Waals surface area contributed by atoms with E-state index in [1.54, 1.807) is 0 Å². The number of alkyl halides is 1. The average molecular weight is 198 g/mol. The topological polar surface area (TPSA) is 21.3 Å². The van der Waals surface area contributed by atoms with Gasteiger partial charge in [0.15, 0.2) is 0 Å². The first kappa shape index (κ1) is 8.85. The fourth-order valence-corrected chi connectivity index (χ4v) is 1.64. The Bertz CT molecular complexity index is 301. The Kier molecular flexibility index (Phi) is 2.71. The van der Waals surface area contributed by atoms with Crippen molar-refractivity contribution in [2.24, 2.45) is 0 Å². The van der Waals surface area contributed by atoms with Crippen LogP contribution in [-0.2, 0) is 13.0 Å². The number of halogens is 1. The second-order valence-electron chi connectivity index (χ2n) is 3.10. The first-order valence-corrected chi connectivity index (χ1v) is 4.95. The van der Waals surface area contributed by atoms with Crippen molar-refractivity contribution in [3.05, 3.63) is 29.3 Å². The summed E-state index contributed by atoms with van der Waals surface area (Å²) in [6.45, 7) is 1.65. The van der Waals surface area contributed by atoms with Crippen molar-refractivity contribution in [2.45, 2.75) is 13.0 Å². The lowest BCUT2D eigenvalue weighted by atomic mass is 10.1. The van der Waals surface area contributed by atoms with Crippen LogP contribution in [0.5, 0.6) is 5.75 Å². The summed E-state index contributed by atoms with van der Waals surface area (Å²) in [4.78, 5) is 0. The molecule has 0 radical (unpaired) electrons. The number of benzene rings is 1. The third kappa shape index (κ3) is 1.95. The number of hydrogen-bond donors (Lipinski definition) is 1. The predicted octanol–water partition coefficient (Wildman–Crippen LogP) is 1.91. The van der Waals surface area contributed by atoms with E-state index in [1.165, 1.54) is 11.1 Å². The zero-order chi connectivity index (χ0) is 9.10. The van der Waals surface area contributed by atoms with Crippen molar-refractivity contribution in [3.63, 3.8) is 0 Å². The summed E-state index contributed by atoms with van der Waals surface area (Å²) < 4.78 is 5.41. The Balaban J connectivity index is 2.12. The highest BCUT2D eigenvalue weighted by Crippen LogP contribution is 2.25. The van der Waals surface area contributed by atoms with Gasteiger partial charge in [0, 0.05) is 13.0 Å². The Morgan fingerprint density at radius 3 is 3.23 bits per heavy atom. The highest BCUT2D eigenvalue weighted by atomic mass is 35.5. The van der Waals surface area contributed by atoms with Crippen molar-refractivity contribution in [1.82, 2.24) is 5.32 Å². The van der Waals surface area contributed by atoms with Crippen LogP contribution in [0, 0.1) is 0 Å². The Morgan fingerprint density at radius 1 is 1.46 bits per heavy atom. The van der Waals surface area contributed by atoms with Crippen molar-refractivity contribution in [1.29, 1.82) is 0 Å². The first-order valence-electron chi connectivity index (χ1n) is 4.41. The van der Waals surface area contributed by atoms with E-state index >= 15 is 0 Å². The number of hydrogen-bond acceptors (Lipinski definition) is 2. The smallest absolute Gasteiger partial charge is 0.122 e. The van der Waals surface area contributed by atoms with Gasteiger partial charge in [0.25, 0.3) is 0 Å². The fraction of sp³-hybridized carbons (Fsp3) is 0.400. The molecule has 0 amide bonds. The largest absolute Gasteiger partial charge is 0.493 e. The standard InChI is InChI=1S/C10H12ClNO/c11-7-12-6-8-1-2-10-9(5-8)3-4-13-10/h1-2,5,12H,3-4,6-7H2. The predicted molar refractivity (Wildman–Crippen MR) is 53.2 cm³/mol. The van der Waals surface area contributed by atoms with Crippen LogP contribution in [0.15, 0.2) is 18.2 Å². The minimum absolute atomic E-state index is 0.494. The van der Waals surface area contributed by atoms with Gasteiger partial charge in [-0.3, -0.25) is 5.32 Å². The molecule has 3 heteroatoms. The van der Waals surface area contributed by atoms with E-state index < -0.39 is 0 Å². The van der Waals surface area contributed by atoms with Gasteiger partial charge in [0.2, 0.25) is 0 Å². The maximum atomic E-state index is 5.53. The number of fused-ring (bicyclic) bond motifs is 1. The molecule has 1 heterocycles. The van der Waals surface area contributed by atoms with Crippen molar-refractivity contribution >= 4 is 11.6 Å². The van der Waals surface area contributed by atoms with Crippen LogP contribution in [0.1, 0.15) is 11.1 Å². The third-order valence-corrected chi connectivity index (χ3v) is 2.37. The van der Waals surface area contributed by atoms with E-state index in [9.17, 15) is 0 Å². The molecule has 2 rings (SSSR count). The van der Waals surface area contributed by atoms with Crippen molar-refractivity contribution in [2.75, 3.05) is 12.6 Å². The molecule has 0 aliphatic carbocycles. The Labute approximate surface area is 82.9 Å². The van der Waals surface area contributed by atoms with E-state index in [-0.39, 0.29) is 0 Å². The molecule has 0 atom stereocenters. The van der Waals surface area contributed by atoms with Gasteiger partial charge in [-0.25, -0.2) is 0 Å². The molecule has 0 spiro atoms. The zero-order valence-corrected chi connectivity index (χ0v) is 8.10. The lowest BCUT2D eigenvalue weighted by Gasteiger charge is -2.03. The molecular weight excluding hydrogens is 186 g/mol. The van der Waals surface area contributed by atoms with Gasteiger partial charge >= 0.3 is 0 Å². The van der Waals surface area contributed by atoms with Crippen LogP contribution in [-0.4, -0.2) is 12.6 Å². The summed E-state index contributed by atoms with van der Waals surface area (Å²) in [6, 6.07) is 6.78. The van der Waals surface area contributed by atoms with Crippen molar-refractivity contribution < 1.29 is 4.74 Å². The Morgan fingerprint density at radius 2 is 2.38 bits per heavy atom. The van der Waals surface area contributed by atoms with Gasteiger partial charge < -0.3 is 4.74 Å². The molecule has 0 saturated heterocycles. The molecule has 0 bridgehead atoms. The SMILES string of the molecule is ClCNCc1ccc2c(c1)CCO2. The van der Waals surface area contributed by atoms with Crippen molar-refractivity contribution in [3.8, 4) is 5.75 Å². The number of nitrogens with one attached hydrogen (secondary N) is 1. The van der Waals surface area contributed by atoms with Gasteiger partial charge in [-0.15, -0.1) is 11.6 Å². The van der Waals surface area contributed by atoms with Gasteiger partial charge in [0.05, 0.1) is 12.6 Å². The molecular formula is C10H12ClNO. The average Bonchev–Trinajstić information content (AvgIpc) is 2.61. The van der Waals surface area contributed by atoms with Crippen LogP contribution >= 0.6 is 11.6 Å². The Hall–Kier alpha value is -0.730. The van der Waals surface area contributed by atoms with Gasteiger partial charge in [-0.2, -0.15) is 0 Å². The molecule has 1 aliphatic heterocycles. The van der Waals surface area contributed by atoms with Crippen LogP contribution < -0.4 is 10.1 Å². The molecule has 0 fully saturated rings. The quantitative estimate of drug-likeness (QED) is 0.591. The highest BCUT2D eigenvalue weighted by molar-refractivity contribution is 6.17. The van der Waals surface area contributed by atoms with E-state index in [2.05, 4.69) is 17.4 Å². The zero-order valence-electron chi connectivity index (χ0n) is 7.35. The maximum Gasteiger partial charge on any atom is 0.122 e. The van der Waals surface area contributed by atoms with Crippen LogP contribution in [0.3, 0.4) is 0 Å². The summed E-state index contributed by atoms with van der Waals surface area (Å²) in [5.74, 6) is 1.04. The first-order chi connectivity index (χ1) is 6.40. The summed E-state index contributed by atoms with van der Waals surface area (Å²) >= 11 is 5.53. The van der Waals surface area contributed by atoms with Gasteiger partial charge in [-0.1, -0.05) is 12.1 Å². The molecule has 0 saturated carbocycles. The van der Waals surface area contributed by atoms with E-state index in [0.717, 1.165) is 25.3 Å². The molecule has 0 unspecified atom stereocenters. The fourth-order valence-electron chi connectivity index (χ4n) is 1.54.